The second-order valence-electron chi connectivity index (χ2n) is 5.84. The molecule has 3 aromatic rings. The number of aromatic amines is 1. The van der Waals surface area contributed by atoms with Crippen molar-refractivity contribution in [2.75, 3.05) is 33.8 Å². The minimum Gasteiger partial charge on any atom is -0.493 e. The summed E-state index contributed by atoms with van der Waals surface area (Å²) < 4.78 is 21.1. The van der Waals surface area contributed by atoms with Gasteiger partial charge in [0.1, 0.15) is 0 Å². The molecule has 0 saturated heterocycles. The van der Waals surface area contributed by atoms with Gasteiger partial charge < -0.3 is 29.2 Å². The van der Waals surface area contributed by atoms with E-state index in [9.17, 15) is 4.79 Å². The molecule has 7 nitrogen and oxygen atoms in total. The van der Waals surface area contributed by atoms with Gasteiger partial charge in [-0.05, 0) is 24.3 Å². The molecule has 0 aliphatic heterocycles. The van der Waals surface area contributed by atoms with Crippen LogP contribution in [-0.4, -0.2) is 33.4 Å². The first-order chi connectivity index (χ1) is 13.1. The molecule has 1 heterocycles. The molecule has 27 heavy (non-hydrogen) atoms. The Kier molecular flexibility index (Phi) is 5.40. The number of anilines is 1. The van der Waals surface area contributed by atoms with Gasteiger partial charge in [-0.1, -0.05) is 0 Å². The highest BCUT2D eigenvalue weighted by Crippen LogP contribution is 2.32. The number of methoxy groups -OCH3 is 4. The van der Waals surface area contributed by atoms with E-state index in [2.05, 4.69) is 10.3 Å². The predicted octanol–water partition coefficient (Wildman–Crippen LogP) is 3.17. The Morgan fingerprint density at radius 2 is 1.44 bits per heavy atom. The van der Waals surface area contributed by atoms with E-state index in [-0.39, 0.29) is 5.56 Å². The van der Waals surface area contributed by atoms with E-state index in [0.717, 1.165) is 11.1 Å². The molecular weight excluding hydrogens is 348 g/mol. The van der Waals surface area contributed by atoms with Crippen LogP contribution in [0.3, 0.4) is 0 Å². The maximum Gasteiger partial charge on any atom is 0.253 e. The van der Waals surface area contributed by atoms with Gasteiger partial charge in [-0.15, -0.1) is 0 Å². The first-order valence-corrected chi connectivity index (χ1v) is 8.33. The highest BCUT2D eigenvalue weighted by molar-refractivity contribution is 5.83. The lowest BCUT2D eigenvalue weighted by Gasteiger charge is -2.12. The first-order valence-electron chi connectivity index (χ1n) is 8.33. The molecule has 0 radical (unpaired) electrons. The van der Waals surface area contributed by atoms with Gasteiger partial charge >= 0.3 is 0 Å². The number of aromatic nitrogens is 1. The van der Waals surface area contributed by atoms with Crippen LogP contribution in [0, 0.1) is 0 Å². The number of ether oxygens (including phenoxy) is 4. The maximum atomic E-state index is 12.4. The highest BCUT2D eigenvalue weighted by Gasteiger charge is 2.10. The van der Waals surface area contributed by atoms with Gasteiger partial charge in [-0.2, -0.15) is 0 Å². The number of hydrogen-bond donors (Lipinski definition) is 2. The van der Waals surface area contributed by atoms with E-state index >= 15 is 0 Å². The van der Waals surface area contributed by atoms with Crippen LogP contribution in [0.4, 0.5) is 5.69 Å². The molecule has 0 aliphatic rings. The molecule has 1 aromatic heterocycles. The molecule has 0 unspecified atom stereocenters. The number of pyridine rings is 1. The Labute approximate surface area is 156 Å². The number of H-pyrrole nitrogens is 1. The third-order valence-electron chi connectivity index (χ3n) is 4.29. The van der Waals surface area contributed by atoms with Crippen LogP contribution in [0.5, 0.6) is 23.0 Å². The fourth-order valence-electron chi connectivity index (χ4n) is 2.85. The summed E-state index contributed by atoms with van der Waals surface area (Å²) in [4.78, 5) is 15.3. The predicted molar refractivity (Wildman–Crippen MR) is 105 cm³/mol. The van der Waals surface area contributed by atoms with Crippen LogP contribution >= 0.6 is 0 Å². The second-order valence-corrected chi connectivity index (χ2v) is 5.84. The first kappa shape index (κ1) is 18.4. The normalized spacial score (nSPS) is 10.5. The molecule has 0 amide bonds. The Morgan fingerprint density at radius 1 is 0.815 bits per heavy atom. The molecule has 3 rings (SSSR count). The fraction of sp³-hybridized carbons (Fsp3) is 0.250. The Balaban J connectivity index is 1.88. The van der Waals surface area contributed by atoms with Crippen molar-refractivity contribution in [3.8, 4) is 23.0 Å². The Morgan fingerprint density at radius 3 is 2.11 bits per heavy atom. The Bertz CT molecular complexity index is 1010. The summed E-state index contributed by atoms with van der Waals surface area (Å²) in [5.74, 6) is 2.44. The van der Waals surface area contributed by atoms with Gasteiger partial charge in [0.25, 0.3) is 5.56 Å². The van der Waals surface area contributed by atoms with Crippen LogP contribution in [-0.2, 0) is 6.54 Å². The molecular formula is C20H22N2O5. The van der Waals surface area contributed by atoms with Crippen LogP contribution in [0.15, 0.2) is 41.2 Å². The molecule has 0 aliphatic carbocycles. The number of benzene rings is 2. The van der Waals surface area contributed by atoms with Gasteiger partial charge in [0.05, 0.1) is 34.0 Å². The maximum absolute atomic E-state index is 12.4. The fourth-order valence-corrected chi connectivity index (χ4v) is 2.85. The SMILES string of the molecule is COc1ccc(NCc2cc3cc(OC)c(OC)cc3[nH]c2=O)cc1OC. The van der Waals surface area contributed by atoms with Crippen LogP contribution in [0.25, 0.3) is 10.9 Å². The van der Waals surface area contributed by atoms with Gasteiger partial charge in [-0.25, -0.2) is 0 Å². The van der Waals surface area contributed by atoms with Crippen LogP contribution in [0.1, 0.15) is 5.56 Å². The number of rotatable bonds is 7. The number of fused-ring (bicyclic) bond motifs is 1. The number of nitrogens with one attached hydrogen (secondary N) is 2. The zero-order chi connectivity index (χ0) is 19.4. The Hall–Kier alpha value is -3.35. The topological polar surface area (TPSA) is 81.8 Å². The quantitative estimate of drug-likeness (QED) is 0.665. The van der Waals surface area contributed by atoms with Crippen molar-refractivity contribution in [3.05, 3.63) is 52.3 Å². The minimum absolute atomic E-state index is 0.164. The van der Waals surface area contributed by atoms with E-state index in [1.54, 1.807) is 34.5 Å². The zero-order valence-corrected chi connectivity index (χ0v) is 15.7. The number of hydrogen-bond acceptors (Lipinski definition) is 6. The summed E-state index contributed by atoms with van der Waals surface area (Å²) in [6, 6.07) is 10.9. The smallest absolute Gasteiger partial charge is 0.253 e. The van der Waals surface area contributed by atoms with Crippen LogP contribution < -0.4 is 29.8 Å². The lowest BCUT2D eigenvalue weighted by atomic mass is 10.1. The zero-order valence-electron chi connectivity index (χ0n) is 15.7. The van der Waals surface area contributed by atoms with Crippen molar-refractivity contribution in [1.29, 1.82) is 0 Å². The third-order valence-corrected chi connectivity index (χ3v) is 4.29. The van der Waals surface area contributed by atoms with Crippen molar-refractivity contribution in [2.24, 2.45) is 0 Å². The molecule has 7 heteroatoms. The van der Waals surface area contributed by atoms with Gasteiger partial charge in [0, 0.05) is 35.3 Å². The van der Waals surface area contributed by atoms with Gasteiger partial charge in [0.15, 0.2) is 23.0 Å². The standard InChI is InChI=1S/C20H22N2O5/c1-24-16-6-5-14(9-18(16)26-3)21-11-13-7-12-8-17(25-2)19(27-4)10-15(12)22-20(13)23/h5-10,21H,11H2,1-4H3,(H,22,23). The van der Waals surface area contributed by atoms with E-state index < -0.39 is 0 Å². The molecule has 2 aromatic carbocycles. The average molecular weight is 370 g/mol. The lowest BCUT2D eigenvalue weighted by molar-refractivity contribution is 0.355. The molecule has 0 spiro atoms. The molecule has 0 bridgehead atoms. The van der Waals surface area contributed by atoms with Crippen molar-refractivity contribution in [3.63, 3.8) is 0 Å². The van der Waals surface area contributed by atoms with Crippen molar-refractivity contribution >= 4 is 16.6 Å². The van der Waals surface area contributed by atoms with Crippen molar-refractivity contribution < 1.29 is 18.9 Å². The average Bonchev–Trinajstić information content (AvgIpc) is 2.70. The van der Waals surface area contributed by atoms with E-state index in [0.29, 0.717) is 40.6 Å². The van der Waals surface area contributed by atoms with Crippen molar-refractivity contribution in [2.45, 2.75) is 6.54 Å². The summed E-state index contributed by atoms with van der Waals surface area (Å²) in [6.45, 7) is 0.356. The monoisotopic (exact) mass is 370 g/mol. The molecule has 2 N–H and O–H groups in total. The summed E-state index contributed by atoms with van der Waals surface area (Å²) in [7, 11) is 6.30. The molecule has 142 valence electrons. The molecule has 0 fully saturated rings. The van der Waals surface area contributed by atoms with E-state index in [1.807, 2.05) is 30.3 Å². The third kappa shape index (κ3) is 3.76. The summed E-state index contributed by atoms with van der Waals surface area (Å²) in [5, 5.41) is 4.09. The van der Waals surface area contributed by atoms with Crippen molar-refractivity contribution in [1.82, 2.24) is 4.98 Å². The van der Waals surface area contributed by atoms with E-state index in [4.69, 9.17) is 18.9 Å². The van der Waals surface area contributed by atoms with Crippen LogP contribution in [0.2, 0.25) is 0 Å². The van der Waals surface area contributed by atoms with E-state index in [1.165, 1.54) is 0 Å². The largest absolute Gasteiger partial charge is 0.493 e. The molecule has 0 atom stereocenters. The summed E-state index contributed by atoms with van der Waals surface area (Å²) in [5.41, 5.74) is 1.94. The minimum atomic E-state index is -0.164. The second kappa shape index (κ2) is 7.90. The highest BCUT2D eigenvalue weighted by atomic mass is 16.5. The van der Waals surface area contributed by atoms with Gasteiger partial charge in [0.2, 0.25) is 0 Å². The molecule has 0 saturated carbocycles. The summed E-state index contributed by atoms with van der Waals surface area (Å²) in [6.07, 6.45) is 0. The lowest BCUT2D eigenvalue weighted by Crippen LogP contribution is -2.15. The summed E-state index contributed by atoms with van der Waals surface area (Å²) >= 11 is 0. The van der Waals surface area contributed by atoms with Gasteiger partial charge in [-0.3, -0.25) is 4.79 Å².